The Balaban J connectivity index is 1.80. The first-order chi connectivity index (χ1) is 11.2. The van der Waals surface area contributed by atoms with E-state index in [9.17, 15) is 9.90 Å². The Morgan fingerprint density at radius 1 is 1.30 bits per heavy atom. The molecule has 0 aromatic heterocycles. The van der Waals surface area contributed by atoms with Gasteiger partial charge in [0, 0.05) is 41.6 Å². The summed E-state index contributed by atoms with van der Waals surface area (Å²) < 4.78 is 0. The van der Waals surface area contributed by atoms with Gasteiger partial charge in [-0.3, -0.25) is 4.79 Å². The summed E-state index contributed by atoms with van der Waals surface area (Å²) in [6.45, 7) is 2.93. The largest absolute Gasteiger partial charge is 0.392 e. The van der Waals surface area contributed by atoms with E-state index in [0.717, 1.165) is 40.5 Å². The van der Waals surface area contributed by atoms with Crippen molar-refractivity contribution in [1.29, 1.82) is 0 Å². The topological polar surface area (TPSA) is 64.9 Å². The van der Waals surface area contributed by atoms with Gasteiger partial charge >= 0.3 is 0 Å². The van der Waals surface area contributed by atoms with Gasteiger partial charge in [-0.05, 0) is 11.6 Å². The van der Waals surface area contributed by atoms with Gasteiger partial charge in [0.2, 0.25) is 5.91 Å². The highest BCUT2D eigenvalue weighted by Crippen LogP contribution is 2.36. The summed E-state index contributed by atoms with van der Waals surface area (Å²) in [5, 5.41) is 12.2. The monoisotopic (exact) mass is 307 g/mol. The van der Waals surface area contributed by atoms with Crippen molar-refractivity contribution in [3.05, 3.63) is 70.7 Å². The Bertz CT molecular complexity index is 800. The molecule has 3 aliphatic heterocycles. The van der Waals surface area contributed by atoms with Gasteiger partial charge in [0.05, 0.1) is 12.3 Å². The molecule has 116 valence electrons. The Kier molecular flexibility index (Phi) is 3.16. The normalized spacial score (nSPS) is 22.4. The molecular weight excluding hydrogens is 290 g/mol. The molecule has 1 aromatic rings. The molecule has 1 aromatic carbocycles. The van der Waals surface area contributed by atoms with Crippen LogP contribution >= 0.6 is 0 Å². The van der Waals surface area contributed by atoms with Crippen LogP contribution in [0.15, 0.2) is 64.6 Å². The number of aliphatic hydroxyl groups is 1. The molecule has 1 atom stereocenters. The summed E-state index contributed by atoms with van der Waals surface area (Å²) >= 11 is 0. The number of aliphatic imine (C=N–C) groups is 1. The van der Waals surface area contributed by atoms with Gasteiger partial charge in [0.1, 0.15) is 5.84 Å². The summed E-state index contributed by atoms with van der Waals surface area (Å²) in [4.78, 5) is 18.6. The van der Waals surface area contributed by atoms with Crippen molar-refractivity contribution in [2.45, 2.75) is 13.5 Å². The zero-order valence-electron chi connectivity index (χ0n) is 12.8. The second kappa shape index (κ2) is 5.21. The minimum Gasteiger partial charge on any atom is -0.392 e. The summed E-state index contributed by atoms with van der Waals surface area (Å²) in [6, 6.07) is 7.75. The molecule has 5 heteroatoms. The van der Waals surface area contributed by atoms with Crippen LogP contribution in [-0.4, -0.2) is 28.3 Å². The second-order valence-corrected chi connectivity index (χ2v) is 5.99. The molecule has 0 spiro atoms. The van der Waals surface area contributed by atoms with E-state index in [-0.39, 0.29) is 18.4 Å². The van der Waals surface area contributed by atoms with Crippen molar-refractivity contribution >= 4 is 11.7 Å². The molecule has 1 amide bonds. The summed E-state index contributed by atoms with van der Waals surface area (Å²) in [6.07, 6.45) is 5.18. The lowest BCUT2D eigenvalue weighted by atomic mass is 10.1. The number of hydrogen-bond acceptors (Lipinski definition) is 4. The number of rotatable bonds is 2. The van der Waals surface area contributed by atoms with E-state index in [0.29, 0.717) is 0 Å². The molecule has 0 saturated carbocycles. The maximum absolute atomic E-state index is 11.8. The molecule has 23 heavy (non-hydrogen) atoms. The molecule has 2 N–H and O–H groups in total. The SMILES string of the molecule is C[C@H]1CN2C(c3ccc(CO)cc3)=NC=C3C=CC(=O)NC1=C32. The van der Waals surface area contributed by atoms with E-state index in [2.05, 4.69) is 22.1 Å². The van der Waals surface area contributed by atoms with Gasteiger partial charge in [0.15, 0.2) is 0 Å². The lowest BCUT2D eigenvalue weighted by Gasteiger charge is -2.27. The zero-order chi connectivity index (χ0) is 16.0. The average molecular weight is 307 g/mol. The molecule has 0 aliphatic carbocycles. The molecule has 0 fully saturated rings. The number of hydrogen-bond donors (Lipinski definition) is 2. The number of benzene rings is 1. The van der Waals surface area contributed by atoms with Crippen molar-refractivity contribution in [2.24, 2.45) is 10.9 Å². The first kappa shape index (κ1) is 14.0. The number of carbonyl (C=O) groups is 1. The number of allylic oxidation sites excluding steroid dienone is 1. The molecule has 0 radical (unpaired) electrons. The van der Waals surface area contributed by atoms with E-state index < -0.39 is 0 Å². The van der Waals surface area contributed by atoms with E-state index in [1.54, 1.807) is 6.08 Å². The fraction of sp³-hybridized carbons (Fsp3) is 0.222. The van der Waals surface area contributed by atoms with Gasteiger partial charge in [-0.25, -0.2) is 4.99 Å². The molecule has 3 aliphatic rings. The van der Waals surface area contributed by atoms with E-state index >= 15 is 0 Å². The summed E-state index contributed by atoms with van der Waals surface area (Å²) in [5.74, 6) is 1.02. The predicted octanol–water partition coefficient (Wildman–Crippen LogP) is 1.67. The van der Waals surface area contributed by atoms with Crippen molar-refractivity contribution < 1.29 is 9.90 Å². The number of carbonyl (C=O) groups excluding carboxylic acids is 1. The van der Waals surface area contributed by atoms with Gasteiger partial charge < -0.3 is 15.3 Å². The highest BCUT2D eigenvalue weighted by Gasteiger charge is 2.36. The van der Waals surface area contributed by atoms with Gasteiger partial charge in [0.25, 0.3) is 0 Å². The predicted molar refractivity (Wildman–Crippen MR) is 87.2 cm³/mol. The van der Waals surface area contributed by atoms with Crippen molar-refractivity contribution in [2.75, 3.05) is 6.54 Å². The minimum absolute atomic E-state index is 0.0314. The van der Waals surface area contributed by atoms with Gasteiger partial charge in [-0.15, -0.1) is 0 Å². The summed E-state index contributed by atoms with van der Waals surface area (Å²) in [5.41, 5.74) is 4.83. The summed E-state index contributed by atoms with van der Waals surface area (Å²) in [7, 11) is 0. The minimum atomic E-state index is -0.0923. The quantitative estimate of drug-likeness (QED) is 0.873. The maximum atomic E-state index is 11.8. The number of aliphatic hydroxyl groups excluding tert-OH is 1. The van der Waals surface area contributed by atoms with E-state index in [4.69, 9.17) is 0 Å². The maximum Gasteiger partial charge on any atom is 0.248 e. The number of amides is 1. The van der Waals surface area contributed by atoms with Crippen LogP contribution in [0.25, 0.3) is 0 Å². The number of nitrogens with zero attached hydrogens (tertiary/aromatic N) is 2. The molecule has 4 rings (SSSR count). The van der Waals surface area contributed by atoms with Crippen LogP contribution in [0.4, 0.5) is 0 Å². The zero-order valence-corrected chi connectivity index (χ0v) is 12.8. The van der Waals surface area contributed by atoms with Gasteiger partial charge in [-0.2, -0.15) is 0 Å². The third-order valence-corrected chi connectivity index (χ3v) is 4.40. The van der Waals surface area contributed by atoms with Crippen molar-refractivity contribution in [1.82, 2.24) is 10.2 Å². The highest BCUT2D eigenvalue weighted by atomic mass is 16.3. The van der Waals surface area contributed by atoms with E-state index in [1.165, 1.54) is 0 Å². The Morgan fingerprint density at radius 2 is 2.09 bits per heavy atom. The Hall–Kier alpha value is -2.66. The van der Waals surface area contributed by atoms with Gasteiger partial charge in [-0.1, -0.05) is 31.2 Å². The number of nitrogens with one attached hydrogen (secondary N) is 1. The van der Waals surface area contributed by atoms with Crippen LogP contribution in [-0.2, 0) is 11.4 Å². The average Bonchev–Trinajstić information content (AvgIpc) is 2.78. The molecule has 3 heterocycles. The molecule has 0 unspecified atom stereocenters. The first-order valence-corrected chi connectivity index (χ1v) is 7.66. The first-order valence-electron chi connectivity index (χ1n) is 7.66. The standard InChI is InChI=1S/C18H17N3O2/c1-11-9-21-17-14(6-7-15(23)20-16(11)17)8-19-18(21)13-4-2-12(10-22)3-5-13/h2-8,11,22H,9-10H2,1H3,(H,20,23)/t11-/m0/s1. The third-order valence-electron chi connectivity index (χ3n) is 4.40. The fourth-order valence-electron chi connectivity index (χ4n) is 3.23. The van der Waals surface area contributed by atoms with Crippen LogP contribution in [0.1, 0.15) is 18.1 Å². The molecule has 0 bridgehead atoms. The fourth-order valence-corrected chi connectivity index (χ4v) is 3.23. The van der Waals surface area contributed by atoms with Crippen LogP contribution in [0.2, 0.25) is 0 Å². The molecule has 5 nitrogen and oxygen atoms in total. The number of amidine groups is 1. The Morgan fingerprint density at radius 3 is 2.83 bits per heavy atom. The lowest BCUT2D eigenvalue weighted by Crippen LogP contribution is -2.32. The molecular formula is C18H17N3O2. The highest BCUT2D eigenvalue weighted by molar-refractivity contribution is 6.03. The van der Waals surface area contributed by atoms with Crippen LogP contribution in [0.5, 0.6) is 0 Å². The van der Waals surface area contributed by atoms with Crippen LogP contribution in [0, 0.1) is 5.92 Å². The second-order valence-electron chi connectivity index (χ2n) is 5.99. The van der Waals surface area contributed by atoms with Crippen LogP contribution in [0.3, 0.4) is 0 Å². The van der Waals surface area contributed by atoms with Crippen LogP contribution < -0.4 is 5.32 Å². The lowest BCUT2D eigenvalue weighted by molar-refractivity contribution is -0.115. The van der Waals surface area contributed by atoms with Crippen molar-refractivity contribution in [3.8, 4) is 0 Å². The van der Waals surface area contributed by atoms with Crippen molar-refractivity contribution in [3.63, 3.8) is 0 Å². The molecule has 0 saturated heterocycles. The third kappa shape index (κ3) is 2.21. The van der Waals surface area contributed by atoms with E-state index in [1.807, 2.05) is 36.5 Å². The smallest absolute Gasteiger partial charge is 0.248 e. The Labute approximate surface area is 134 Å².